The predicted molar refractivity (Wildman–Crippen MR) is 116 cm³/mol. The third-order valence-corrected chi connectivity index (χ3v) is 4.78. The first-order valence-electron chi connectivity index (χ1n) is 10.0. The first-order valence-corrected chi connectivity index (χ1v) is 10.0. The third-order valence-electron chi connectivity index (χ3n) is 4.78. The van der Waals surface area contributed by atoms with Crippen LogP contribution in [0.5, 0.6) is 5.88 Å². The number of alkyl halides is 4. The molecule has 0 aliphatic carbocycles. The largest absolute Gasteiger partial charge is 0.457 e. The second-order valence-corrected chi connectivity index (χ2v) is 7.33. The summed E-state index contributed by atoms with van der Waals surface area (Å²) >= 11 is 0. The molecule has 0 spiro atoms. The Morgan fingerprint density at radius 2 is 2.00 bits per heavy atom. The van der Waals surface area contributed by atoms with Crippen LogP contribution in [0.2, 0.25) is 0 Å². The maximum atomic E-state index is 14.0. The van der Waals surface area contributed by atoms with Gasteiger partial charge >= 0.3 is 12.5 Å². The molecular formula is C22H18F4N6O4. The van der Waals surface area contributed by atoms with E-state index < -0.39 is 42.7 Å². The normalized spacial score (nSPS) is 12.0. The number of hydrogen-bond acceptors (Lipinski definition) is 7. The Balaban J connectivity index is 2.08. The molecule has 1 aromatic carbocycles. The smallest absolute Gasteiger partial charge is 0.409 e. The highest BCUT2D eigenvalue weighted by Gasteiger charge is 2.45. The van der Waals surface area contributed by atoms with E-state index in [0.717, 1.165) is 10.7 Å². The van der Waals surface area contributed by atoms with Crippen LogP contribution in [0.25, 0.3) is 5.82 Å². The highest BCUT2D eigenvalue weighted by atomic mass is 19.3. The summed E-state index contributed by atoms with van der Waals surface area (Å²) in [5.41, 5.74) is 5.67. The van der Waals surface area contributed by atoms with Crippen molar-refractivity contribution in [3.05, 3.63) is 64.5 Å². The lowest BCUT2D eigenvalue weighted by molar-refractivity contribution is -0.299. The van der Waals surface area contributed by atoms with Crippen LogP contribution in [0.15, 0.2) is 36.5 Å². The number of nitrogens with two attached hydrogens (primary N) is 1. The van der Waals surface area contributed by atoms with Gasteiger partial charge in [-0.2, -0.15) is 14.0 Å². The quantitative estimate of drug-likeness (QED) is 0.424. The number of primary amides is 1. The summed E-state index contributed by atoms with van der Waals surface area (Å²) < 4.78 is 62.4. The van der Waals surface area contributed by atoms with E-state index in [2.05, 4.69) is 24.9 Å². The SMILES string of the molecule is Cc1cccnc1-n1nc(OC(F)(F)C(F)OCF)cc1C(=O)Nc1c(C)cc(C#N)cc1C(N)=O. The number of ether oxygens (including phenoxy) is 2. The molecule has 1 unspecified atom stereocenters. The van der Waals surface area contributed by atoms with E-state index >= 15 is 0 Å². The Kier molecular flexibility index (Phi) is 7.54. The van der Waals surface area contributed by atoms with Crippen molar-refractivity contribution in [1.82, 2.24) is 14.8 Å². The fourth-order valence-corrected chi connectivity index (χ4v) is 3.16. The summed E-state index contributed by atoms with van der Waals surface area (Å²) in [5, 5.41) is 15.4. The number of carbonyl (C=O) groups is 2. The predicted octanol–water partition coefficient (Wildman–Crippen LogP) is 3.32. The van der Waals surface area contributed by atoms with Crippen LogP contribution < -0.4 is 15.8 Å². The van der Waals surface area contributed by atoms with Crippen molar-refractivity contribution < 1.29 is 36.6 Å². The molecule has 2 amide bonds. The van der Waals surface area contributed by atoms with Crippen LogP contribution in [-0.4, -0.2) is 45.9 Å². The number of nitrogens with zero attached hydrogens (tertiary/aromatic N) is 4. The zero-order chi connectivity index (χ0) is 26.6. The van der Waals surface area contributed by atoms with Crippen LogP contribution in [0.4, 0.5) is 23.2 Å². The lowest BCUT2D eigenvalue weighted by Gasteiger charge is -2.18. The van der Waals surface area contributed by atoms with E-state index in [1.165, 1.54) is 25.3 Å². The van der Waals surface area contributed by atoms with Gasteiger partial charge in [-0.15, -0.1) is 5.10 Å². The standard InChI is InChI=1S/C22H18F4N6O4/c1-11-4-3-5-29-19(11)32-15(8-16(31-32)36-22(25,26)21(24)35-10-23)20(34)30-17-12(2)6-13(9-27)7-14(17)18(28)33/h3-8,21H,10H2,1-2H3,(H2,28,33)(H,30,34). The van der Waals surface area contributed by atoms with Crippen LogP contribution in [0.1, 0.15) is 37.5 Å². The molecule has 0 saturated heterocycles. The number of nitriles is 1. The number of hydrogen-bond donors (Lipinski definition) is 2. The van der Waals surface area contributed by atoms with Gasteiger partial charge in [0.1, 0.15) is 5.69 Å². The molecule has 1 atom stereocenters. The number of anilines is 1. The summed E-state index contributed by atoms with van der Waals surface area (Å²) in [7, 11) is 0. The zero-order valence-corrected chi connectivity index (χ0v) is 18.8. The Morgan fingerprint density at radius 3 is 2.61 bits per heavy atom. The lowest BCUT2D eigenvalue weighted by Crippen LogP contribution is -2.38. The molecule has 0 radical (unpaired) electrons. The molecule has 36 heavy (non-hydrogen) atoms. The number of amides is 2. The Morgan fingerprint density at radius 1 is 1.28 bits per heavy atom. The molecule has 0 fully saturated rings. The van der Waals surface area contributed by atoms with E-state index in [-0.39, 0.29) is 22.6 Å². The molecule has 0 saturated carbocycles. The number of carbonyl (C=O) groups excluding carboxylic acids is 2. The topological polar surface area (TPSA) is 145 Å². The van der Waals surface area contributed by atoms with Crippen molar-refractivity contribution in [3.63, 3.8) is 0 Å². The molecule has 14 heteroatoms. The summed E-state index contributed by atoms with van der Waals surface area (Å²) in [6.45, 7) is 1.27. The average Bonchev–Trinajstić information content (AvgIpc) is 3.23. The van der Waals surface area contributed by atoms with Crippen molar-refractivity contribution >= 4 is 17.5 Å². The van der Waals surface area contributed by atoms with Crippen LogP contribution >= 0.6 is 0 Å². The molecule has 188 valence electrons. The van der Waals surface area contributed by atoms with Gasteiger partial charge in [-0.25, -0.2) is 18.4 Å². The van der Waals surface area contributed by atoms with E-state index in [9.17, 15) is 27.2 Å². The maximum absolute atomic E-state index is 14.0. The van der Waals surface area contributed by atoms with E-state index in [0.29, 0.717) is 11.1 Å². The fraction of sp³-hybridized carbons (Fsp3) is 0.227. The average molecular weight is 506 g/mol. The highest BCUT2D eigenvalue weighted by Crippen LogP contribution is 2.29. The van der Waals surface area contributed by atoms with E-state index in [4.69, 9.17) is 11.0 Å². The number of halogens is 4. The van der Waals surface area contributed by atoms with Crippen molar-refractivity contribution in [2.45, 2.75) is 26.3 Å². The fourth-order valence-electron chi connectivity index (χ4n) is 3.16. The van der Waals surface area contributed by atoms with Crippen LogP contribution in [0, 0.1) is 25.2 Å². The van der Waals surface area contributed by atoms with Crippen molar-refractivity contribution in [1.29, 1.82) is 5.26 Å². The minimum Gasteiger partial charge on any atom is -0.409 e. The molecule has 2 heterocycles. The summed E-state index contributed by atoms with van der Waals surface area (Å²) in [6.07, 6.45) is -6.76. The van der Waals surface area contributed by atoms with Crippen molar-refractivity contribution in [3.8, 4) is 17.8 Å². The molecular weight excluding hydrogens is 488 g/mol. The van der Waals surface area contributed by atoms with Crippen molar-refractivity contribution in [2.75, 3.05) is 12.2 Å². The van der Waals surface area contributed by atoms with Gasteiger partial charge in [-0.05, 0) is 43.2 Å². The Bertz CT molecular complexity index is 1350. The van der Waals surface area contributed by atoms with Gasteiger partial charge in [0.25, 0.3) is 11.8 Å². The molecule has 10 nitrogen and oxygen atoms in total. The molecule has 0 bridgehead atoms. The van der Waals surface area contributed by atoms with Crippen LogP contribution in [-0.2, 0) is 4.74 Å². The van der Waals surface area contributed by atoms with Gasteiger partial charge in [0, 0.05) is 12.3 Å². The molecule has 2 aromatic heterocycles. The number of nitrogens with one attached hydrogen (secondary N) is 1. The molecule has 3 N–H and O–H groups in total. The monoisotopic (exact) mass is 506 g/mol. The first-order chi connectivity index (χ1) is 17.0. The second kappa shape index (κ2) is 10.4. The van der Waals surface area contributed by atoms with E-state index in [1.807, 2.05) is 6.07 Å². The third kappa shape index (κ3) is 5.41. The van der Waals surface area contributed by atoms with Gasteiger partial charge in [0.15, 0.2) is 12.7 Å². The maximum Gasteiger partial charge on any atom is 0.457 e. The number of benzene rings is 1. The molecule has 0 aliphatic rings. The van der Waals surface area contributed by atoms with Gasteiger partial charge in [-0.3, -0.25) is 9.59 Å². The minimum atomic E-state index is -4.65. The zero-order valence-electron chi connectivity index (χ0n) is 18.8. The second-order valence-electron chi connectivity index (χ2n) is 7.33. The number of pyridine rings is 1. The summed E-state index contributed by atoms with van der Waals surface area (Å²) in [4.78, 5) is 29.2. The van der Waals surface area contributed by atoms with E-state index in [1.54, 1.807) is 19.1 Å². The van der Waals surface area contributed by atoms with Crippen molar-refractivity contribution in [2.24, 2.45) is 5.73 Å². The number of rotatable bonds is 9. The minimum absolute atomic E-state index is 0.0371. The lowest BCUT2D eigenvalue weighted by atomic mass is 10.0. The molecule has 3 rings (SSSR count). The first kappa shape index (κ1) is 26.1. The number of aromatic nitrogens is 3. The Labute approximate surface area is 201 Å². The summed E-state index contributed by atoms with van der Waals surface area (Å²) in [6, 6.07) is 8.37. The van der Waals surface area contributed by atoms with Gasteiger partial charge < -0.3 is 20.5 Å². The van der Waals surface area contributed by atoms with Gasteiger partial charge in [0.05, 0.1) is 22.9 Å². The molecule has 3 aromatic rings. The van der Waals surface area contributed by atoms with Gasteiger partial charge in [0.2, 0.25) is 5.88 Å². The van der Waals surface area contributed by atoms with Crippen LogP contribution in [0.3, 0.4) is 0 Å². The van der Waals surface area contributed by atoms with Gasteiger partial charge in [-0.1, -0.05) is 6.07 Å². The summed E-state index contributed by atoms with van der Waals surface area (Å²) in [5.74, 6) is -2.76. The molecule has 0 aliphatic heterocycles. The highest BCUT2D eigenvalue weighted by molar-refractivity contribution is 6.09. The number of aryl methyl sites for hydroxylation is 2. The Hall–Kier alpha value is -4.51.